The molecule has 144 valence electrons. The molecule has 9 heteroatoms. The Balaban J connectivity index is 1.55. The van der Waals surface area contributed by atoms with Gasteiger partial charge in [0.15, 0.2) is 0 Å². The number of nitrogens with zero attached hydrogens (tertiary/aromatic N) is 2. The van der Waals surface area contributed by atoms with Crippen LogP contribution >= 0.6 is 0 Å². The van der Waals surface area contributed by atoms with E-state index >= 15 is 0 Å². The Morgan fingerprint density at radius 3 is 2.85 bits per heavy atom. The number of nitrogens with two attached hydrogens (primary N) is 1. The van der Waals surface area contributed by atoms with Crippen molar-refractivity contribution >= 4 is 28.5 Å². The van der Waals surface area contributed by atoms with Crippen LogP contribution < -0.4 is 16.6 Å². The van der Waals surface area contributed by atoms with Crippen LogP contribution in [0.2, 0.25) is 0 Å². The molecule has 3 heterocycles. The molecule has 0 unspecified atom stereocenters. The predicted octanol–water partition coefficient (Wildman–Crippen LogP) is 0.657. The lowest BCUT2D eigenvalue weighted by Gasteiger charge is -2.24. The fraction of sp³-hybridized carbons (Fsp3) is 0.556. The molecule has 0 radical (unpaired) electrons. The average molecular weight is 373 g/mol. The third kappa shape index (κ3) is 2.91. The Kier molecular flexibility index (Phi) is 4.26. The summed E-state index contributed by atoms with van der Waals surface area (Å²) in [6, 6.07) is -0.409. The van der Waals surface area contributed by atoms with Crippen molar-refractivity contribution in [3.05, 3.63) is 21.8 Å². The van der Waals surface area contributed by atoms with Gasteiger partial charge in [-0.15, -0.1) is 0 Å². The number of likely N-dealkylation sites (tertiary alicyclic amines) is 1. The normalized spacial score (nSPS) is 25.0. The Morgan fingerprint density at radius 1 is 1.33 bits per heavy atom. The summed E-state index contributed by atoms with van der Waals surface area (Å²) >= 11 is 0. The molecule has 2 aliphatic rings. The van der Waals surface area contributed by atoms with E-state index in [0.717, 1.165) is 19.3 Å². The lowest BCUT2D eigenvalue weighted by atomic mass is 9.94. The minimum atomic E-state index is -0.423. The molecule has 3 atom stereocenters. The van der Waals surface area contributed by atoms with E-state index in [1.807, 2.05) is 4.90 Å². The lowest BCUT2D eigenvalue weighted by Crippen LogP contribution is -2.46. The summed E-state index contributed by atoms with van der Waals surface area (Å²) < 4.78 is 5.61. The highest BCUT2D eigenvalue weighted by atomic mass is 16.4. The topological polar surface area (TPSA) is 134 Å². The van der Waals surface area contributed by atoms with Gasteiger partial charge in [0.1, 0.15) is 11.1 Å². The fourth-order valence-electron chi connectivity index (χ4n) is 4.83. The Hall–Kier alpha value is -2.68. The van der Waals surface area contributed by atoms with Crippen molar-refractivity contribution < 1.29 is 14.0 Å². The summed E-state index contributed by atoms with van der Waals surface area (Å²) in [4.78, 5) is 38.6. The summed E-state index contributed by atoms with van der Waals surface area (Å²) in [5, 5.41) is 9.89. The number of aromatic amines is 1. The van der Waals surface area contributed by atoms with Crippen molar-refractivity contribution in [3.8, 4) is 0 Å². The van der Waals surface area contributed by atoms with E-state index in [0.29, 0.717) is 29.3 Å². The van der Waals surface area contributed by atoms with Gasteiger partial charge >= 0.3 is 0 Å². The van der Waals surface area contributed by atoms with Crippen molar-refractivity contribution in [2.75, 3.05) is 18.4 Å². The second-order valence-electron chi connectivity index (χ2n) is 7.56. The van der Waals surface area contributed by atoms with E-state index in [2.05, 4.69) is 15.5 Å². The van der Waals surface area contributed by atoms with Crippen LogP contribution in [0.5, 0.6) is 0 Å². The van der Waals surface area contributed by atoms with Crippen molar-refractivity contribution in [2.24, 2.45) is 17.6 Å². The smallest absolute Gasteiger partial charge is 0.277 e. The maximum absolute atomic E-state index is 12.6. The second kappa shape index (κ2) is 6.49. The Labute approximate surface area is 155 Å². The van der Waals surface area contributed by atoms with Gasteiger partial charge in [0, 0.05) is 6.54 Å². The number of hydrogen-bond donors (Lipinski definition) is 3. The molecule has 0 aromatic carbocycles. The molecule has 4 N–H and O–H groups in total. The highest BCUT2D eigenvalue weighted by Crippen LogP contribution is 2.42. The van der Waals surface area contributed by atoms with Crippen LogP contribution in [0.4, 0.5) is 5.88 Å². The Morgan fingerprint density at radius 2 is 2.11 bits per heavy atom. The molecule has 1 aliphatic carbocycles. The van der Waals surface area contributed by atoms with Gasteiger partial charge in [0.2, 0.25) is 17.7 Å². The SMILES string of the molecule is Cc1n[nH]c(=O)c2c(NC(=O)CN3C[C@@H]4CCC[C@@H]4[C@H]3C(N)=O)oc(C)c12. The summed E-state index contributed by atoms with van der Waals surface area (Å²) in [5.41, 5.74) is 5.80. The van der Waals surface area contributed by atoms with E-state index in [4.69, 9.17) is 10.2 Å². The summed E-state index contributed by atoms with van der Waals surface area (Å²) in [5.74, 6) is 0.550. The van der Waals surface area contributed by atoms with Crippen LogP contribution in [0.25, 0.3) is 10.8 Å². The van der Waals surface area contributed by atoms with E-state index in [1.54, 1.807) is 13.8 Å². The molecule has 9 nitrogen and oxygen atoms in total. The summed E-state index contributed by atoms with van der Waals surface area (Å²) in [6.45, 7) is 4.20. The zero-order valence-electron chi connectivity index (χ0n) is 15.4. The number of anilines is 1. The number of amides is 2. The fourth-order valence-corrected chi connectivity index (χ4v) is 4.83. The van der Waals surface area contributed by atoms with Crippen molar-refractivity contribution in [1.29, 1.82) is 0 Å². The molecule has 2 amide bonds. The second-order valence-corrected chi connectivity index (χ2v) is 7.56. The largest absolute Gasteiger partial charge is 0.444 e. The van der Waals surface area contributed by atoms with Crippen molar-refractivity contribution in [3.63, 3.8) is 0 Å². The standard InChI is InChI=1S/C18H23N5O4/c1-8-13-9(2)27-18(14(13)17(26)22-21-8)20-12(24)7-23-6-10-4-3-5-11(10)15(23)16(19)25/h10-11,15H,3-7H2,1-2H3,(H2,19,25)(H,20,24)(H,22,26)/t10-,11-,15-/m0/s1. The van der Waals surface area contributed by atoms with Crippen LogP contribution in [-0.2, 0) is 9.59 Å². The van der Waals surface area contributed by atoms with E-state index in [-0.39, 0.29) is 35.5 Å². The van der Waals surface area contributed by atoms with E-state index in [1.165, 1.54) is 0 Å². The van der Waals surface area contributed by atoms with Crippen LogP contribution in [0.15, 0.2) is 9.21 Å². The van der Waals surface area contributed by atoms with Gasteiger partial charge in [-0.1, -0.05) is 6.42 Å². The molecule has 0 bridgehead atoms. The maximum atomic E-state index is 12.6. The summed E-state index contributed by atoms with van der Waals surface area (Å²) in [7, 11) is 0. The first-order valence-corrected chi connectivity index (χ1v) is 9.18. The number of nitrogens with one attached hydrogen (secondary N) is 2. The van der Waals surface area contributed by atoms with Gasteiger partial charge in [-0.25, -0.2) is 5.10 Å². The molecule has 0 spiro atoms. The van der Waals surface area contributed by atoms with Gasteiger partial charge in [0.25, 0.3) is 5.56 Å². The van der Waals surface area contributed by atoms with Crippen LogP contribution in [0.3, 0.4) is 0 Å². The zero-order valence-corrected chi connectivity index (χ0v) is 15.4. The molecule has 4 rings (SSSR count). The number of fused-ring (bicyclic) bond motifs is 2. The molecule has 1 saturated carbocycles. The quantitative estimate of drug-likeness (QED) is 0.720. The molecule has 1 aliphatic heterocycles. The van der Waals surface area contributed by atoms with E-state index < -0.39 is 11.6 Å². The molecule has 1 saturated heterocycles. The first kappa shape index (κ1) is 17.7. The van der Waals surface area contributed by atoms with Gasteiger partial charge in [-0.05, 0) is 38.5 Å². The number of aryl methyl sites for hydroxylation is 2. The van der Waals surface area contributed by atoms with Crippen molar-refractivity contribution in [1.82, 2.24) is 15.1 Å². The highest BCUT2D eigenvalue weighted by molar-refractivity contribution is 6.02. The molecule has 27 heavy (non-hydrogen) atoms. The van der Waals surface area contributed by atoms with Gasteiger partial charge < -0.3 is 10.2 Å². The first-order chi connectivity index (χ1) is 12.9. The minimum absolute atomic E-state index is 0.0316. The maximum Gasteiger partial charge on any atom is 0.277 e. The minimum Gasteiger partial charge on any atom is -0.444 e. The molecular formula is C18H23N5O4. The van der Waals surface area contributed by atoms with E-state index in [9.17, 15) is 14.4 Å². The molecule has 2 aromatic heterocycles. The van der Waals surface area contributed by atoms with Gasteiger partial charge in [-0.3, -0.25) is 24.6 Å². The Bertz CT molecular complexity index is 978. The predicted molar refractivity (Wildman–Crippen MR) is 98.1 cm³/mol. The number of H-pyrrole nitrogens is 1. The number of hydrogen-bond acceptors (Lipinski definition) is 6. The van der Waals surface area contributed by atoms with Crippen molar-refractivity contribution in [2.45, 2.75) is 39.2 Å². The van der Waals surface area contributed by atoms with Gasteiger partial charge in [0.05, 0.1) is 23.7 Å². The molecular weight excluding hydrogens is 350 g/mol. The molecule has 2 aromatic rings. The number of primary amides is 1. The lowest BCUT2D eigenvalue weighted by molar-refractivity contribution is -0.124. The first-order valence-electron chi connectivity index (χ1n) is 9.18. The number of rotatable bonds is 4. The van der Waals surface area contributed by atoms with Crippen LogP contribution in [0, 0.1) is 25.7 Å². The monoisotopic (exact) mass is 373 g/mol. The van der Waals surface area contributed by atoms with Gasteiger partial charge in [-0.2, -0.15) is 5.10 Å². The number of carbonyl (C=O) groups excluding carboxylic acids is 2. The third-order valence-corrected chi connectivity index (χ3v) is 5.88. The zero-order chi connectivity index (χ0) is 19.3. The highest BCUT2D eigenvalue weighted by Gasteiger charge is 2.47. The number of aromatic nitrogens is 2. The molecule has 2 fully saturated rings. The summed E-state index contributed by atoms with van der Waals surface area (Å²) in [6.07, 6.45) is 3.14. The number of furan rings is 1. The van der Waals surface area contributed by atoms with Crippen LogP contribution in [0.1, 0.15) is 30.7 Å². The van der Waals surface area contributed by atoms with Crippen LogP contribution in [-0.4, -0.2) is 46.0 Å². The number of carbonyl (C=O) groups is 2. The third-order valence-electron chi connectivity index (χ3n) is 5.88. The average Bonchev–Trinajstić information content (AvgIpc) is 3.24.